The summed E-state index contributed by atoms with van der Waals surface area (Å²) < 4.78 is 0. The molecule has 5 N–H and O–H groups in total. The number of carbonyl (C=O) groups excluding carboxylic acids is 2. The van der Waals surface area contributed by atoms with Crippen molar-refractivity contribution in [1.82, 2.24) is 20.5 Å². The highest BCUT2D eigenvalue weighted by molar-refractivity contribution is 5.89. The second-order valence-electron chi connectivity index (χ2n) is 12.4. The second-order valence-corrected chi connectivity index (χ2v) is 12.4. The van der Waals surface area contributed by atoms with Crippen LogP contribution in [0.5, 0.6) is 0 Å². The Hall–Kier alpha value is -3.32. The van der Waals surface area contributed by atoms with Crippen LogP contribution in [0.1, 0.15) is 61.6 Å². The molecule has 3 amide bonds. The molecule has 3 aromatic rings. The monoisotopic (exact) mass is 541 g/mol. The van der Waals surface area contributed by atoms with Gasteiger partial charge in [-0.3, -0.25) is 4.79 Å². The summed E-state index contributed by atoms with van der Waals surface area (Å²) in [6.45, 7) is 2.78. The lowest BCUT2D eigenvalue weighted by molar-refractivity contribution is -0.123. The highest BCUT2D eigenvalue weighted by atomic mass is 16.2. The Morgan fingerprint density at radius 1 is 1.02 bits per heavy atom. The molecule has 1 saturated carbocycles. The summed E-state index contributed by atoms with van der Waals surface area (Å²) in [6.07, 6.45) is 11.2. The maximum absolute atomic E-state index is 13.6. The molecule has 212 valence electrons. The molecule has 0 bridgehead atoms. The quantitative estimate of drug-likeness (QED) is 0.350. The van der Waals surface area contributed by atoms with Crippen molar-refractivity contribution in [3.05, 3.63) is 71.4 Å². The lowest BCUT2D eigenvalue weighted by Crippen LogP contribution is -2.55. The SMILES string of the molecule is NC[C@H]1CCC[C@@H](CNC(=O)[C@@H](Cc2c[nH]c3ccccc23)NC(=O)N2CCC3(CCc4ccccc43)CC2)C1. The van der Waals surface area contributed by atoms with Gasteiger partial charge in [0.05, 0.1) is 0 Å². The molecule has 7 nitrogen and oxygen atoms in total. The molecule has 40 heavy (non-hydrogen) atoms. The van der Waals surface area contributed by atoms with Gasteiger partial charge in [0.15, 0.2) is 0 Å². The zero-order chi connectivity index (χ0) is 27.5. The Balaban J connectivity index is 1.12. The third-order valence-electron chi connectivity index (χ3n) is 9.97. The minimum atomic E-state index is -0.635. The lowest BCUT2D eigenvalue weighted by Gasteiger charge is -2.40. The molecular formula is C33H43N5O2. The minimum absolute atomic E-state index is 0.105. The van der Waals surface area contributed by atoms with Crippen LogP contribution in [-0.2, 0) is 23.1 Å². The number of fused-ring (bicyclic) bond motifs is 3. The number of urea groups is 1. The zero-order valence-electron chi connectivity index (χ0n) is 23.5. The Bertz CT molecular complexity index is 1340. The third kappa shape index (κ3) is 5.49. The number of amides is 3. The number of aryl methyl sites for hydroxylation is 1. The van der Waals surface area contributed by atoms with Crippen LogP contribution in [0.25, 0.3) is 10.9 Å². The molecule has 2 aromatic carbocycles. The molecule has 2 heterocycles. The smallest absolute Gasteiger partial charge is 0.318 e. The maximum Gasteiger partial charge on any atom is 0.318 e. The lowest BCUT2D eigenvalue weighted by atomic mass is 9.74. The van der Waals surface area contributed by atoms with Gasteiger partial charge in [-0.25, -0.2) is 4.79 Å². The molecule has 1 aliphatic heterocycles. The van der Waals surface area contributed by atoms with Crippen molar-refractivity contribution >= 4 is 22.8 Å². The normalized spacial score (nSPS) is 22.7. The molecule has 0 unspecified atom stereocenters. The average Bonchev–Trinajstić information content (AvgIpc) is 3.57. The first-order valence-electron chi connectivity index (χ1n) is 15.2. The number of aromatic amines is 1. The third-order valence-corrected chi connectivity index (χ3v) is 9.97. The van der Waals surface area contributed by atoms with E-state index in [2.05, 4.69) is 45.9 Å². The van der Waals surface area contributed by atoms with Crippen molar-refractivity contribution in [2.45, 2.75) is 69.2 Å². The van der Waals surface area contributed by atoms with Gasteiger partial charge >= 0.3 is 6.03 Å². The molecule has 3 atom stereocenters. The number of piperidine rings is 1. The molecule has 0 radical (unpaired) electrons. The fourth-order valence-corrected chi connectivity index (χ4v) is 7.56. The standard InChI is InChI=1S/C33H43N5O2/c34-20-23-6-5-7-24(18-23)21-36-31(39)30(19-26-22-35-29-11-4-2-9-27(26)29)37-32(40)38-16-14-33(15-17-38)13-12-25-8-1-3-10-28(25)33/h1-4,8-11,22-24,30,35H,5-7,12-21,34H2,(H,36,39)(H,37,40)/t23-,24+,30+/m0/s1. The number of likely N-dealkylation sites (tertiary alicyclic amines) is 1. The average molecular weight is 542 g/mol. The van der Waals surface area contributed by atoms with Crippen LogP contribution < -0.4 is 16.4 Å². The van der Waals surface area contributed by atoms with Crippen molar-refractivity contribution in [3.8, 4) is 0 Å². The highest BCUT2D eigenvalue weighted by Gasteiger charge is 2.42. The number of hydrogen-bond acceptors (Lipinski definition) is 3. The summed E-state index contributed by atoms with van der Waals surface area (Å²) in [5.74, 6) is 0.890. The highest BCUT2D eigenvalue weighted by Crippen LogP contribution is 2.46. The van der Waals surface area contributed by atoms with Gasteiger partial charge in [0.1, 0.15) is 6.04 Å². The summed E-state index contributed by atoms with van der Waals surface area (Å²) in [5.41, 5.74) is 11.1. The fourth-order valence-electron chi connectivity index (χ4n) is 7.56. The van der Waals surface area contributed by atoms with E-state index in [1.807, 2.05) is 29.3 Å². The molecular weight excluding hydrogens is 498 g/mol. The molecule has 2 aliphatic carbocycles. The number of H-pyrrole nitrogens is 1. The van der Waals surface area contributed by atoms with E-state index in [-0.39, 0.29) is 17.4 Å². The first-order valence-corrected chi connectivity index (χ1v) is 15.2. The van der Waals surface area contributed by atoms with Gasteiger partial charge in [-0.1, -0.05) is 48.9 Å². The van der Waals surface area contributed by atoms with Gasteiger partial charge in [-0.2, -0.15) is 0 Å². The van der Waals surface area contributed by atoms with Gasteiger partial charge in [-0.15, -0.1) is 0 Å². The number of carbonyl (C=O) groups is 2. The number of benzene rings is 2. The predicted molar refractivity (Wildman–Crippen MR) is 159 cm³/mol. The molecule has 6 rings (SSSR count). The topological polar surface area (TPSA) is 103 Å². The van der Waals surface area contributed by atoms with Gasteiger partial charge in [0.2, 0.25) is 5.91 Å². The fraction of sp³-hybridized carbons (Fsp3) is 0.515. The largest absolute Gasteiger partial charge is 0.361 e. The van der Waals surface area contributed by atoms with Crippen molar-refractivity contribution in [1.29, 1.82) is 0 Å². The van der Waals surface area contributed by atoms with Crippen LogP contribution in [0.15, 0.2) is 54.7 Å². The number of nitrogens with two attached hydrogens (primary N) is 1. The maximum atomic E-state index is 13.6. The van der Waals surface area contributed by atoms with Crippen molar-refractivity contribution in [3.63, 3.8) is 0 Å². The van der Waals surface area contributed by atoms with E-state index in [1.54, 1.807) is 0 Å². The van der Waals surface area contributed by atoms with Crippen LogP contribution in [0, 0.1) is 11.8 Å². The molecule has 1 saturated heterocycles. The Morgan fingerprint density at radius 3 is 2.65 bits per heavy atom. The summed E-state index contributed by atoms with van der Waals surface area (Å²) >= 11 is 0. The second kappa shape index (κ2) is 11.7. The van der Waals surface area contributed by atoms with Crippen LogP contribution in [-0.4, -0.2) is 54.0 Å². The summed E-state index contributed by atoms with van der Waals surface area (Å²) in [5, 5.41) is 7.42. The van der Waals surface area contributed by atoms with Gasteiger partial charge in [0, 0.05) is 43.2 Å². The van der Waals surface area contributed by atoms with E-state index in [4.69, 9.17) is 5.73 Å². The van der Waals surface area contributed by atoms with E-state index in [0.29, 0.717) is 44.4 Å². The number of aromatic nitrogens is 1. The number of hydrogen-bond donors (Lipinski definition) is 4. The van der Waals surface area contributed by atoms with E-state index in [9.17, 15) is 9.59 Å². The Morgan fingerprint density at radius 2 is 1.80 bits per heavy atom. The Kier molecular flexibility index (Phi) is 7.83. The Labute approximate surface area is 237 Å². The minimum Gasteiger partial charge on any atom is -0.361 e. The van der Waals surface area contributed by atoms with Crippen LogP contribution in [0.2, 0.25) is 0 Å². The zero-order valence-corrected chi connectivity index (χ0v) is 23.5. The van der Waals surface area contributed by atoms with Crippen LogP contribution in [0.3, 0.4) is 0 Å². The van der Waals surface area contributed by atoms with Gasteiger partial charge in [-0.05, 0) is 91.5 Å². The molecule has 1 spiro atoms. The first-order chi connectivity index (χ1) is 19.5. The number of rotatable bonds is 7. The molecule has 7 heteroatoms. The van der Waals surface area contributed by atoms with Crippen molar-refractivity contribution < 1.29 is 9.59 Å². The summed E-state index contributed by atoms with van der Waals surface area (Å²) in [7, 11) is 0. The van der Waals surface area contributed by atoms with E-state index >= 15 is 0 Å². The van der Waals surface area contributed by atoms with Crippen molar-refractivity contribution in [2.75, 3.05) is 26.2 Å². The van der Waals surface area contributed by atoms with Crippen molar-refractivity contribution in [2.24, 2.45) is 17.6 Å². The molecule has 3 aliphatic rings. The summed E-state index contributed by atoms with van der Waals surface area (Å²) in [6, 6.07) is 16.1. The molecule has 2 fully saturated rings. The van der Waals surface area contributed by atoms with E-state index in [1.165, 1.54) is 30.4 Å². The first kappa shape index (κ1) is 26.9. The van der Waals surface area contributed by atoms with E-state index < -0.39 is 6.04 Å². The number of nitrogens with zero attached hydrogens (tertiary/aromatic N) is 1. The van der Waals surface area contributed by atoms with Crippen LogP contribution >= 0.6 is 0 Å². The van der Waals surface area contributed by atoms with Gasteiger partial charge < -0.3 is 26.3 Å². The van der Waals surface area contributed by atoms with Gasteiger partial charge in [0.25, 0.3) is 0 Å². The van der Waals surface area contributed by atoms with E-state index in [0.717, 1.165) is 48.6 Å². The number of para-hydroxylation sites is 1. The molecule has 1 aromatic heterocycles. The number of nitrogens with one attached hydrogen (secondary N) is 3. The predicted octanol–water partition coefficient (Wildman–Crippen LogP) is 4.65. The van der Waals surface area contributed by atoms with Crippen LogP contribution in [0.4, 0.5) is 4.79 Å². The summed E-state index contributed by atoms with van der Waals surface area (Å²) in [4.78, 5) is 32.4.